The van der Waals surface area contributed by atoms with E-state index in [-0.39, 0.29) is 11.3 Å². The lowest BCUT2D eigenvalue weighted by atomic mass is 9.76. The molecule has 5 rings (SSSR count). The first-order valence-corrected chi connectivity index (χ1v) is 10.5. The van der Waals surface area contributed by atoms with Gasteiger partial charge in [-0.3, -0.25) is 9.78 Å². The summed E-state index contributed by atoms with van der Waals surface area (Å²) >= 11 is 0. The standard InChI is InChI=1S/C24H25N5O/c1-24(18-8-3-2-4-9-18)11-6-14-29(16-24)22-19-10-13-26-23(30)20(19)27-21(28-22)17-7-5-12-25-15-17/h2-5,7-9,12,15H,6,10-11,13-14,16H2,1H3,(H,26,30). The lowest BCUT2D eigenvalue weighted by Gasteiger charge is -2.42. The molecule has 2 aliphatic heterocycles. The smallest absolute Gasteiger partial charge is 0.270 e. The van der Waals surface area contributed by atoms with Gasteiger partial charge < -0.3 is 10.2 Å². The van der Waals surface area contributed by atoms with Crippen molar-refractivity contribution in [3.05, 3.63) is 71.7 Å². The second-order valence-electron chi connectivity index (χ2n) is 8.40. The monoisotopic (exact) mass is 399 g/mol. The Kier molecular flexibility index (Phi) is 4.69. The summed E-state index contributed by atoms with van der Waals surface area (Å²) in [5, 5.41) is 2.93. The maximum absolute atomic E-state index is 12.6. The minimum atomic E-state index is -0.118. The molecule has 0 radical (unpaired) electrons. The highest BCUT2D eigenvalue weighted by Crippen LogP contribution is 2.37. The number of anilines is 1. The van der Waals surface area contributed by atoms with Gasteiger partial charge in [-0.25, -0.2) is 9.97 Å². The molecule has 6 heteroatoms. The third-order valence-electron chi connectivity index (χ3n) is 6.25. The molecule has 1 saturated heterocycles. The Hall–Kier alpha value is -3.28. The molecule has 30 heavy (non-hydrogen) atoms. The Morgan fingerprint density at radius 3 is 2.77 bits per heavy atom. The summed E-state index contributed by atoms with van der Waals surface area (Å²) in [5.41, 5.74) is 3.68. The van der Waals surface area contributed by atoms with Gasteiger partial charge in [-0.2, -0.15) is 0 Å². The van der Waals surface area contributed by atoms with Gasteiger partial charge in [0, 0.05) is 48.6 Å². The summed E-state index contributed by atoms with van der Waals surface area (Å²) < 4.78 is 0. The number of nitrogens with zero attached hydrogens (tertiary/aromatic N) is 4. The normalized spacial score (nSPS) is 21.1. The average Bonchev–Trinajstić information content (AvgIpc) is 2.80. The Morgan fingerprint density at radius 1 is 1.10 bits per heavy atom. The van der Waals surface area contributed by atoms with E-state index in [0.717, 1.165) is 49.3 Å². The molecule has 1 N–H and O–H groups in total. The Labute approximate surface area is 176 Å². The summed E-state index contributed by atoms with van der Waals surface area (Å²) in [7, 11) is 0. The fraction of sp³-hybridized carbons (Fsp3) is 0.333. The lowest BCUT2D eigenvalue weighted by Crippen LogP contribution is -2.46. The molecular weight excluding hydrogens is 374 g/mol. The number of amides is 1. The van der Waals surface area contributed by atoms with E-state index in [4.69, 9.17) is 4.98 Å². The average molecular weight is 399 g/mol. The summed E-state index contributed by atoms with van der Waals surface area (Å²) in [6.45, 7) is 4.75. The van der Waals surface area contributed by atoms with Gasteiger partial charge in [-0.05, 0) is 37.0 Å². The number of carbonyl (C=O) groups is 1. The van der Waals surface area contributed by atoms with Crippen molar-refractivity contribution in [2.75, 3.05) is 24.5 Å². The van der Waals surface area contributed by atoms with Gasteiger partial charge >= 0.3 is 0 Å². The van der Waals surface area contributed by atoms with E-state index < -0.39 is 0 Å². The zero-order valence-electron chi connectivity index (χ0n) is 17.1. The third-order valence-corrected chi connectivity index (χ3v) is 6.25. The van der Waals surface area contributed by atoms with Crippen molar-refractivity contribution < 1.29 is 4.79 Å². The van der Waals surface area contributed by atoms with Gasteiger partial charge in [0.1, 0.15) is 11.5 Å². The van der Waals surface area contributed by atoms with Crippen LogP contribution < -0.4 is 10.2 Å². The first kappa shape index (κ1) is 18.7. The van der Waals surface area contributed by atoms with Crippen LogP contribution >= 0.6 is 0 Å². The van der Waals surface area contributed by atoms with Gasteiger partial charge in [-0.1, -0.05) is 37.3 Å². The second kappa shape index (κ2) is 7.52. The molecule has 0 bridgehead atoms. The highest BCUT2D eigenvalue weighted by molar-refractivity contribution is 5.96. The quantitative estimate of drug-likeness (QED) is 0.731. The van der Waals surface area contributed by atoms with Crippen molar-refractivity contribution in [1.29, 1.82) is 0 Å². The van der Waals surface area contributed by atoms with Crippen LogP contribution in [0.1, 0.15) is 41.4 Å². The van der Waals surface area contributed by atoms with Crippen LogP contribution in [0.15, 0.2) is 54.9 Å². The van der Waals surface area contributed by atoms with Crippen LogP contribution in [-0.2, 0) is 11.8 Å². The number of hydrogen-bond donors (Lipinski definition) is 1. The zero-order chi connectivity index (χ0) is 20.6. The molecule has 0 spiro atoms. The number of carbonyl (C=O) groups excluding carboxylic acids is 1. The molecule has 152 valence electrons. The van der Waals surface area contributed by atoms with E-state index in [1.807, 2.05) is 12.1 Å². The number of hydrogen-bond acceptors (Lipinski definition) is 5. The SMILES string of the molecule is CC1(c2ccccc2)CCCN(c2nc(-c3cccnc3)nc3c2CCNC3=O)C1. The Balaban J connectivity index is 1.59. The zero-order valence-corrected chi connectivity index (χ0v) is 17.1. The molecule has 1 atom stereocenters. The van der Waals surface area contributed by atoms with E-state index in [0.29, 0.717) is 18.1 Å². The van der Waals surface area contributed by atoms with Crippen LogP contribution in [0.3, 0.4) is 0 Å². The molecule has 0 saturated carbocycles. The Morgan fingerprint density at radius 2 is 1.97 bits per heavy atom. The number of benzene rings is 1. The first-order chi connectivity index (χ1) is 14.6. The molecule has 1 fully saturated rings. The van der Waals surface area contributed by atoms with E-state index in [9.17, 15) is 4.79 Å². The topological polar surface area (TPSA) is 71.0 Å². The van der Waals surface area contributed by atoms with Crippen molar-refractivity contribution in [2.24, 2.45) is 0 Å². The van der Waals surface area contributed by atoms with Gasteiger partial charge in [0.15, 0.2) is 5.82 Å². The van der Waals surface area contributed by atoms with E-state index in [1.54, 1.807) is 12.4 Å². The molecule has 0 aliphatic carbocycles. The summed E-state index contributed by atoms with van der Waals surface area (Å²) in [5.74, 6) is 1.34. The molecule has 4 heterocycles. The summed E-state index contributed by atoms with van der Waals surface area (Å²) in [4.78, 5) is 28.8. The summed E-state index contributed by atoms with van der Waals surface area (Å²) in [6.07, 6.45) is 6.44. The first-order valence-electron chi connectivity index (χ1n) is 10.5. The maximum Gasteiger partial charge on any atom is 0.270 e. The minimum absolute atomic E-state index is 0.0444. The number of piperidine rings is 1. The van der Waals surface area contributed by atoms with Crippen LogP contribution in [-0.4, -0.2) is 40.5 Å². The maximum atomic E-state index is 12.6. The van der Waals surface area contributed by atoms with Crippen LogP contribution in [0.2, 0.25) is 0 Å². The third kappa shape index (κ3) is 3.32. The van der Waals surface area contributed by atoms with Crippen molar-refractivity contribution in [3.63, 3.8) is 0 Å². The predicted molar refractivity (Wildman–Crippen MR) is 117 cm³/mol. The van der Waals surface area contributed by atoms with E-state index >= 15 is 0 Å². The van der Waals surface area contributed by atoms with Crippen LogP contribution in [0.4, 0.5) is 5.82 Å². The molecule has 3 aromatic rings. The van der Waals surface area contributed by atoms with Crippen LogP contribution in [0.25, 0.3) is 11.4 Å². The van der Waals surface area contributed by atoms with Crippen molar-refractivity contribution in [3.8, 4) is 11.4 Å². The molecule has 1 amide bonds. The molecule has 1 aromatic carbocycles. The number of pyridine rings is 1. The van der Waals surface area contributed by atoms with Crippen molar-refractivity contribution >= 4 is 11.7 Å². The lowest BCUT2D eigenvalue weighted by molar-refractivity contribution is 0.0940. The van der Waals surface area contributed by atoms with E-state index in [1.165, 1.54) is 5.56 Å². The number of fused-ring (bicyclic) bond motifs is 1. The van der Waals surface area contributed by atoms with Crippen LogP contribution in [0, 0.1) is 0 Å². The predicted octanol–water partition coefficient (Wildman–Crippen LogP) is 3.38. The van der Waals surface area contributed by atoms with Crippen molar-refractivity contribution in [2.45, 2.75) is 31.6 Å². The highest BCUT2D eigenvalue weighted by atomic mass is 16.1. The van der Waals surface area contributed by atoms with Gasteiger partial charge in [0.2, 0.25) is 0 Å². The largest absolute Gasteiger partial charge is 0.355 e. The second-order valence-corrected chi connectivity index (χ2v) is 8.40. The van der Waals surface area contributed by atoms with Gasteiger partial charge in [0.05, 0.1) is 0 Å². The van der Waals surface area contributed by atoms with Gasteiger partial charge in [-0.15, -0.1) is 0 Å². The molecule has 2 aromatic heterocycles. The number of aromatic nitrogens is 3. The molecule has 2 aliphatic rings. The highest BCUT2D eigenvalue weighted by Gasteiger charge is 2.35. The van der Waals surface area contributed by atoms with Crippen LogP contribution in [0.5, 0.6) is 0 Å². The molecular formula is C24H25N5O. The number of nitrogens with one attached hydrogen (secondary N) is 1. The van der Waals surface area contributed by atoms with Crippen molar-refractivity contribution in [1.82, 2.24) is 20.3 Å². The Bertz CT molecular complexity index is 1070. The number of rotatable bonds is 3. The summed E-state index contributed by atoms with van der Waals surface area (Å²) in [6, 6.07) is 14.5. The fourth-order valence-electron chi connectivity index (χ4n) is 4.66. The molecule has 1 unspecified atom stereocenters. The van der Waals surface area contributed by atoms with Gasteiger partial charge in [0.25, 0.3) is 5.91 Å². The van der Waals surface area contributed by atoms with E-state index in [2.05, 4.69) is 57.4 Å². The molecule has 6 nitrogen and oxygen atoms in total. The minimum Gasteiger partial charge on any atom is -0.355 e. The fourth-order valence-corrected chi connectivity index (χ4v) is 4.66.